The number of hydrogen-bond donors (Lipinski definition) is 2. The molecule has 106 valence electrons. The second-order valence-corrected chi connectivity index (χ2v) is 4.27. The highest BCUT2D eigenvalue weighted by Crippen LogP contribution is 2.25. The lowest BCUT2D eigenvalue weighted by Crippen LogP contribution is -2.38. The van der Waals surface area contributed by atoms with Gasteiger partial charge in [-0.2, -0.15) is 0 Å². The van der Waals surface area contributed by atoms with Gasteiger partial charge in [-0.05, 0) is 11.6 Å². The first-order valence-corrected chi connectivity index (χ1v) is 6.32. The van der Waals surface area contributed by atoms with E-state index in [0.29, 0.717) is 19.7 Å². The predicted octanol–water partition coefficient (Wildman–Crippen LogP) is 1.74. The largest absolute Gasteiger partial charge is 0.496 e. The molecule has 0 fully saturated rings. The van der Waals surface area contributed by atoms with Crippen molar-refractivity contribution in [1.29, 1.82) is 0 Å². The van der Waals surface area contributed by atoms with Crippen LogP contribution >= 0.6 is 0 Å². The van der Waals surface area contributed by atoms with Gasteiger partial charge in [-0.3, -0.25) is 0 Å². The molecule has 1 atom stereocenters. The maximum atomic E-state index is 11.5. The Morgan fingerprint density at radius 1 is 1.26 bits per heavy atom. The normalized spacial score (nSPS) is 11.7. The third-order valence-electron chi connectivity index (χ3n) is 2.83. The monoisotopic (exact) mass is 266 g/mol. The van der Waals surface area contributed by atoms with Crippen LogP contribution in [0.3, 0.4) is 0 Å². The molecule has 2 N–H and O–H groups in total. The van der Waals surface area contributed by atoms with Crippen LogP contribution in [-0.2, 0) is 4.74 Å². The summed E-state index contributed by atoms with van der Waals surface area (Å²) in [6.07, 6.45) is 0. The van der Waals surface area contributed by atoms with Gasteiger partial charge in [0.1, 0.15) is 5.75 Å². The molecule has 1 rings (SSSR count). The molecule has 0 bridgehead atoms. The van der Waals surface area contributed by atoms with Crippen molar-refractivity contribution in [2.75, 3.05) is 33.9 Å². The van der Waals surface area contributed by atoms with Gasteiger partial charge in [-0.25, -0.2) is 4.79 Å². The second kappa shape index (κ2) is 8.37. The van der Waals surface area contributed by atoms with Gasteiger partial charge < -0.3 is 20.1 Å². The SMILES string of the molecule is COCCNC(=O)NC[C@@H](C)c1ccccc1OC. The van der Waals surface area contributed by atoms with Crippen LogP contribution < -0.4 is 15.4 Å². The zero-order chi connectivity index (χ0) is 14.1. The summed E-state index contributed by atoms with van der Waals surface area (Å²) < 4.78 is 10.2. The Morgan fingerprint density at radius 3 is 2.68 bits per heavy atom. The summed E-state index contributed by atoms with van der Waals surface area (Å²) in [6, 6.07) is 7.64. The van der Waals surface area contributed by atoms with Gasteiger partial charge in [0.2, 0.25) is 0 Å². The number of ether oxygens (including phenoxy) is 2. The minimum atomic E-state index is -0.182. The number of nitrogens with one attached hydrogen (secondary N) is 2. The van der Waals surface area contributed by atoms with E-state index in [9.17, 15) is 4.79 Å². The fourth-order valence-electron chi connectivity index (χ4n) is 1.76. The number of urea groups is 1. The molecule has 0 aliphatic carbocycles. The fourth-order valence-corrected chi connectivity index (χ4v) is 1.76. The number of methoxy groups -OCH3 is 2. The Bertz CT molecular complexity index is 396. The highest BCUT2D eigenvalue weighted by molar-refractivity contribution is 5.73. The van der Waals surface area contributed by atoms with Gasteiger partial charge in [0.25, 0.3) is 0 Å². The number of benzene rings is 1. The van der Waals surface area contributed by atoms with Crippen LogP contribution in [-0.4, -0.2) is 39.9 Å². The average Bonchev–Trinajstić information content (AvgIpc) is 2.45. The maximum Gasteiger partial charge on any atom is 0.314 e. The minimum absolute atomic E-state index is 0.182. The summed E-state index contributed by atoms with van der Waals surface area (Å²) in [4.78, 5) is 11.5. The van der Waals surface area contributed by atoms with Crippen LogP contribution in [0, 0.1) is 0 Å². The second-order valence-electron chi connectivity index (χ2n) is 4.27. The van der Waals surface area contributed by atoms with Crippen LogP contribution in [0.2, 0.25) is 0 Å². The van der Waals surface area contributed by atoms with Crippen molar-refractivity contribution >= 4 is 6.03 Å². The van der Waals surface area contributed by atoms with Crippen LogP contribution in [0.1, 0.15) is 18.4 Å². The van der Waals surface area contributed by atoms with E-state index < -0.39 is 0 Å². The van der Waals surface area contributed by atoms with Gasteiger partial charge in [0.05, 0.1) is 13.7 Å². The molecule has 0 unspecified atom stereocenters. The number of carbonyl (C=O) groups is 1. The number of rotatable bonds is 7. The van der Waals surface area contributed by atoms with E-state index in [-0.39, 0.29) is 11.9 Å². The fraction of sp³-hybridized carbons (Fsp3) is 0.500. The quantitative estimate of drug-likeness (QED) is 0.739. The highest BCUT2D eigenvalue weighted by Gasteiger charge is 2.11. The topological polar surface area (TPSA) is 59.6 Å². The Morgan fingerprint density at radius 2 is 2.00 bits per heavy atom. The van der Waals surface area contributed by atoms with Gasteiger partial charge >= 0.3 is 6.03 Å². The summed E-state index contributed by atoms with van der Waals surface area (Å²) in [5.74, 6) is 1.03. The Balaban J connectivity index is 2.42. The average molecular weight is 266 g/mol. The van der Waals surface area contributed by atoms with Crippen LogP contribution in [0.15, 0.2) is 24.3 Å². The third-order valence-corrected chi connectivity index (χ3v) is 2.83. The van der Waals surface area contributed by atoms with Crippen molar-refractivity contribution in [1.82, 2.24) is 10.6 Å². The Labute approximate surface area is 114 Å². The van der Waals surface area contributed by atoms with Crippen molar-refractivity contribution in [3.8, 4) is 5.75 Å². The molecule has 0 aliphatic rings. The van der Waals surface area contributed by atoms with Crippen LogP contribution in [0.4, 0.5) is 4.79 Å². The Hall–Kier alpha value is -1.75. The van der Waals surface area contributed by atoms with Gasteiger partial charge in [0.15, 0.2) is 0 Å². The van der Waals surface area contributed by atoms with E-state index in [1.165, 1.54) is 0 Å². The molecular formula is C14H22N2O3. The molecular weight excluding hydrogens is 244 g/mol. The summed E-state index contributed by atoms with van der Waals surface area (Å²) in [5.41, 5.74) is 1.09. The van der Waals surface area contributed by atoms with Crippen molar-refractivity contribution in [2.45, 2.75) is 12.8 Å². The molecule has 0 heterocycles. The lowest BCUT2D eigenvalue weighted by Gasteiger charge is -2.16. The number of para-hydroxylation sites is 1. The lowest BCUT2D eigenvalue weighted by molar-refractivity contribution is 0.196. The first-order valence-electron chi connectivity index (χ1n) is 6.32. The zero-order valence-corrected chi connectivity index (χ0v) is 11.7. The van der Waals surface area contributed by atoms with Crippen molar-refractivity contribution in [3.63, 3.8) is 0 Å². The van der Waals surface area contributed by atoms with Gasteiger partial charge in [-0.15, -0.1) is 0 Å². The van der Waals surface area contributed by atoms with E-state index in [0.717, 1.165) is 11.3 Å². The first-order chi connectivity index (χ1) is 9.19. The minimum Gasteiger partial charge on any atom is -0.496 e. The zero-order valence-electron chi connectivity index (χ0n) is 11.7. The van der Waals surface area contributed by atoms with E-state index in [4.69, 9.17) is 9.47 Å². The van der Waals surface area contributed by atoms with Crippen LogP contribution in [0.25, 0.3) is 0 Å². The smallest absolute Gasteiger partial charge is 0.314 e. The molecule has 1 aromatic rings. The van der Waals surface area contributed by atoms with Crippen molar-refractivity contribution in [3.05, 3.63) is 29.8 Å². The number of carbonyl (C=O) groups excluding carboxylic acids is 1. The molecule has 5 heteroatoms. The van der Waals surface area contributed by atoms with Crippen molar-refractivity contribution in [2.24, 2.45) is 0 Å². The van der Waals surface area contributed by atoms with E-state index in [1.807, 2.05) is 31.2 Å². The number of hydrogen-bond acceptors (Lipinski definition) is 3. The third kappa shape index (κ3) is 5.18. The van der Waals surface area contributed by atoms with Gasteiger partial charge in [-0.1, -0.05) is 25.1 Å². The van der Waals surface area contributed by atoms with Crippen LogP contribution in [0.5, 0.6) is 5.75 Å². The number of amides is 2. The predicted molar refractivity (Wildman–Crippen MR) is 74.7 cm³/mol. The van der Waals surface area contributed by atoms with Gasteiger partial charge in [0, 0.05) is 26.1 Å². The molecule has 19 heavy (non-hydrogen) atoms. The maximum absolute atomic E-state index is 11.5. The summed E-state index contributed by atoms with van der Waals surface area (Å²) in [7, 11) is 3.25. The molecule has 0 saturated carbocycles. The molecule has 0 saturated heterocycles. The molecule has 0 spiro atoms. The molecule has 1 aromatic carbocycles. The summed E-state index contributed by atoms with van der Waals surface area (Å²) in [5, 5.41) is 5.54. The molecule has 2 amide bonds. The van der Waals surface area contributed by atoms with E-state index in [1.54, 1.807) is 14.2 Å². The first kappa shape index (κ1) is 15.3. The van der Waals surface area contributed by atoms with Crippen molar-refractivity contribution < 1.29 is 14.3 Å². The molecule has 0 radical (unpaired) electrons. The summed E-state index contributed by atoms with van der Waals surface area (Å²) >= 11 is 0. The van der Waals surface area contributed by atoms with E-state index >= 15 is 0 Å². The van der Waals surface area contributed by atoms with E-state index in [2.05, 4.69) is 10.6 Å². The molecule has 0 aromatic heterocycles. The standard InChI is InChI=1S/C14H22N2O3/c1-11(10-16-14(17)15-8-9-18-2)12-6-4-5-7-13(12)19-3/h4-7,11H,8-10H2,1-3H3,(H2,15,16,17)/t11-/m1/s1. The Kier molecular flexibility index (Phi) is 6.74. The molecule has 0 aliphatic heterocycles. The molecule has 5 nitrogen and oxygen atoms in total. The lowest BCUT2D eigenvalue weighted by atomic mass is 10.0. The summed E-state index contributed by atoms with van der Waals surface area (Å²) in [6.45, 7) is 3.62. The highest BCUT2D eigenvalue weighted by atomic mass is 16.5.